The van der Waals surface area contributed by atoms with Gasteiger partial charge < -0.3 is 5.11 Å². The standard InChI is InChI=1S/C24H19ClF4N2O5S/c25-15-4-1-3-14(23(8-9-23)24(27,28)29)18(15)21(32)31-17-5-2-10-37(35,36)20(17)19(30-31)13-7-6-12(22(33)34)11-16(13)26/h1,3-4,6-7,11,35-36H,2,5,8-10H2,(H,33,34). The van der Waals surface area contributed by atoms with E-state index in [0.717, 1.165) is 22.9 Å². The zero-order valence-corrected chi connectivity index (χ0v) is 20.4. The van der Waals surface area contributed by atoms with E-state index in [1.807, 2.05) is 0 Å². The van der Waals surface area contributed by atoms with Gasteiger partial charge in [0.1, 0.15) is 16.4 Å². The van der Waals surface area contributed by atoms with Gasteiger partial charge in [-0.2, -0.15) is 33.5 Å². The Labute approximate surface area is 214 Å². The minimum Gasteiger partial charge on any atom is -0.478 e. The first kappa shape index (κ1) is 25.7. The van der Waals surface area contributed by atoms with Crippen molar-refractivity contribution in [1.82, 2.24) is 9.78 Å². The number of carbonyl (C=O) groups is 2. The lowest BCUT2D eigenvalue weighted by Crippen LogP contribution is -2.32. The van der Waals surface area contributed by atoms with E-state index in [-0.39, 0.29) is 69.4 Å². The van der Waals surface area contributed by atoms with Gasteiger partial charge in [-0.05, 0) is 55.5 Å². The van der Waals surface area contributed by atoms with Gasteiger partial charge in [0.2, 0.25) is 0 Å². The lowest BCUT2D eigenvalue weighted by molar-refractivity contribution is -0.160. The number of carboxylic acid groups (broad SMARTS) is 1. The fourth-order valence-electron chi connectivity index (χ4n) is 4.81. The highest BCUT2D eigenvalue weighted by Crippen LogP contribution is 2.61. The third-order valence-corrected chi connectivity index (χ3v) is 9.06. The minimum absolute atomic E-state index is 0.0238. The third kappa shape index (κ3) is 4.02. The maximum atomic E-state index is 15.0. The SMILES string of the molecule is O=C(O)c1ccc(-c2nn(C(=O)c3c(Cl)cccc3C3(C(F)(F)F)CC3)c3c2S(O)(O)CCC3)c(F)c1. The van der Waals surface area contributed by atoms with Crippen LogP contribution in [-0.2, 0) is 11.8 Å². The third-order valence-electron chi connectivity index (χ3n) is 6.80. The summed E-state index contributed by atoms with van der Waals surface area (Å²) in [5.74, 6) is -3.52. The number of aromatic nitrogens is 2. The van der Waals surface area contributed by atoms with Gasteiger partial charge >= 0.3 is 12.1 Å². The maximum absolute atomic E-state index is 15.0. The van der Waals surface area contributed by atoms with Crippen LogP contribution in [0.5, 0.6) is 0 Å². The number of aromatic carboxylic acids is 1. The second kappa shape index (κ2) is 8.55. The molecule has 13 heteroatoms. The summed E-state index contributed by atoms with van der Waals surface area (Å²) in [6.45, 7) is 0. The molecule has 0 radical (unpaired) electrons. The fourth-order valence-corrected chi connectivity index (χ4v) is 6.84. The second-order valence-corrected chi connectivity index (χ2v) is 11.6. The Kier molecular flexibility index (Phi) is 5.94. The molecule has 0 bridgehead atoms. The van der Waals surface area contributed by atoms with Crippen molar-refractivity contribution in [2.24, 2.45) is 0 Å². The van der Waals surface area contributed by atoms with E-state index in [1.54, 1.807) is 0 Å². The summed E-state index contributed by atoms with van der Waals surface area (Å²) >= 11 is 6.25. The van der Waals surface area contributed by atoms with E-state index < -0.39 is 45.4 Å². The Balaban J connectivity index is 1.72. The monoisotopic (exact) mass is 558 g/mol. The number of hydrogen-bond acceptors (Lipinski definition) is 5. The minimum atomic E-state index is -4.63. The first-order chi connectivity index (χ1) is 17.3. The number of halogens is 5. The summed E-state index contributed by atoms with van der Waals surface area (Å²) in [6, 6.07) is 6.69. The molecule has 1 fully saturated rings. The average Bonchev–Trinajstić information content (AvgIpc) is 3.54. The summed E-state index contributed by atoms with van der Waals surface area (Å²) in [6.07, 6.45) is -4.73. The molecule has 1 saturated carbocycles. The number of alkyl halides is 3. The van der Waals surface area contributed by atoms with Crippen LogP contribution in [0.2, 0.25) is 5.02 Å². The number of fused-ring (bicyclic) bond motifs is 1. The quantitative estimate of drug-likeness (QED) is 0.320. The lowest BCUT2D eigenvalue weighted by atomic mass is 9.90. The number of carbonyl (C=O) groups excluding carboxylic acids is 1. The number of rotatable bonds is 4. The summed E-state index contributed by atoms with van der Waals surface area (Å²) < 4.78 is 79.3. The van der Waals surface area contributed by atoms with E-state index in [9.17, 15) is 36.3 Å². The average molecular weight is 559 g/mol. The van der Waals surface area contributed by atoms with Gasteiger partial charge in [0.25, 0.3) is 5.91 Å². The second-order valence-electron chi connectivity index (χ2n) is 9.06. The van der Waals surface area contributed by atoms with E-state index in [0.29, 0.717) is 0 Å². The number of hydrogen-bond donors (Lipinski definition) is 3. The predicted octanol–water partition coefficient (Wildman–Crippen LogP) is 6.38. The first-order valence-electron chi connectivity index (χ1n) is 11.1. The van der Waals surface area contributed by atoms with Crippen molar-refractivity contribution in [3.63, 3.8) is 0 Å². The zero-order valence-electron chi connectivity index (χ0n) is 18.9. The van der Waals surface area contributed by atoms with Crippen LogP contribution in [0.25, 0.3) is 11.3 Å². The van der Waals surface area contributed by atoms with Crippen molar-refractivity contribution in [2.75, 3.05) is 5.75 Å². The van der Waals surface area contributed by atoms with Crippen LogP contribution in [0.1, 0.15) is 51.2 Å². The van der Waals surface area contributed by atoms with Gasteiger partial charge in [0, 0.05) is 11.3 Å². The predicted molar refractivity (Wildman–Crippen MR) is 127 cm³/mol. The molecule has 0 saturated heterocycles. The summed E-state index contributed by atoms with van der Waals surface area (Å²) in [4.78, 5) is 24.8. The van der Waals surface area contributed by atoms with E-state index in [2.05, 4.69) is 5.10 Å². The van der Waals surface area contributed by atoms with Crippen molar-refractivity contribution >= 4 is 34.1 Å². The lowest BCUT2D eigenvalue weighted by Gasteiger charge is -2.36. The summed E-state index contributed by atoms with van der Waals surface area (Å²) in [5.41, 5.74) is -3.88. The van der Waals surface area contributed by atoms with Crippen LogP contribution in [0.3, 0.4) is 0 Å². The molecule has 0 spiro atoms. The van der Waals surface area contributed by atoms with Crippen LogP contribution in [-0.4, -0.2) is 47.8 Å². The molecule has 5 rings (SSSR count). The van der Waals surface area contributed by atoms with Crippen molar-refractivity contribution < 1.29 is 41.4 Å². The highest BCUT2D eigenvalue weighted by atomic mass is 35.5. The normalized spacial score (nSPS) is 18.7. The van der Waals surface area contributed by atoms with Gasteiger partial charge in [0.05, 0.1) is 27.3 Å². The Morgan fingerprint density at radius 3 is 2.43 bits per heavy atom. The highest BCUT2D eigenvalue weighted by Gasteiger charge is 2.65. The molecule has 3 aromatic rings. The molecule has 2 heterocycles. The molecule has 0 unspecified atom stereocenters. The Bertz CT molecular complexity index is 1470. The Morgan fingerprint density at radius 1 is 1.14 bits per heavy atom. The van der Waals surface area contributed by atoms with E-state index in [4.69, 9.17) is 16.7 Å². The van der Waals surface area contributed by atoms with Gasteiger partial charge in [-0.1, -0.05) is 23.7 Å². The smallest absolute Gasteiger partial charge is 0.398 e. The molecular weight excluding hydrogens is 540 g/mol. The molecule has 2 aromatic carbocycles. The molecule has 1 aromatic heterocycles. The number of nitrogens with zero attached hydrogens (tertiary/aromatic N) is 2. The molecule has 196 valence electrons. The number of carboxylic acids is 1. The van der Waals surface area contributed by atoms with Gasteiger partial charge in [-0.3, -0.25) is 13.9 Å². The van der Waals surface area contributed by atoms with Crippen molar-refractivity contribution in [3.8, 4) is 11.3 Å². The molecule has 3 N–H and O–H groups in total. The van der Waals surface area contributed by atoms with Crippen LogP contribution in [0.4, 0.5) is 17.6 Å². The molecule has 2 aliphatic rings. The Morgan fingerprint density at radius 2 is 1.84 bits per heavy atom. The molecular formula is C24H19ClF4N2O5S. The molecule has 1 aliphatic carbocycles. The largest absolute Gasteiger partial charge is 0.478 e. The van der Waals surface area contributed by atoms with Gasteiger partial charge in [-0.25, -0.2) is 9.18 Å². The summed E-state index contributed by atoms with van der Waals surface area (Å²) in [7, 11) is -3.55. The van der Waals surface area contributed by atoms with Gasteiger partial charge in [-0.15, -0.1) is 0 Å². The van der Waals surface area contributed by atoms with Crippen molar-refractivity contribution in [3.05, 3.63) is 69.6 Å². The molecule has 37 heavy (non-hydrogen) atoms. The van der Waals surface area contributed by atoms with Crippen LogP contribution < -0.4 is 0 Å². The highest BCUT2D eigenvalue weighted by molar-refractivity contribution is 8.24. The van der Waals surface area contributed by atoms with E-state index >= 15 is 0 Å². The van der Waals surface area contributed by atoms with Crippen molar-refractivity contribution in [1.29, 1.82) is 0 Å². The fraction of sp³-hybridized carbons (Fsp3) is 0.292. The van der Waals surface area contributed by atoms with Crippen LogP contribution in [0.15, 0.2) is 41.3 Å². The topological polar surface area (TPSA) is 113 Å². The van der Waals surface area contributed by atoms with Crippen LogP contribution >= 0.6 is 22.2 Å². The Hall–Kier alpha value is -2.93. The van der Waals surface area contributed by atoms with Gasteiger partial charge in [0.15, 0.2) is 0 Å². The zero-order chi connectivity index (χ0) is 26.9. The first-order valence-corrected chi connectivity index (χ1v) is 13.2. The number of benzene rings is 2. The summed E-state index contributed by atoms with van der Waals surface area (Å²) in [5, 5.41) is 13.1. The van der Waals surface area contributed by atoms with Crippen LogP contribution in [0, 0.1) is 5.82 Å². The maximum Gasteiger partial charge on any atom is 0.398 e. The molecule has 7 nitrogen and oxygen atoms in total. The molecule has 1 aliphatic heterocycles. The van der Waals surface area contributed by atoms with E-state index in [1.165, 1.54) is 18.2 Å². The van der Waals surface area contributed by atoms with Crippen molar-refractivity contribution in [2.45, 2.75) is 42.2 Å². The molecule has 0 atom stereocenters. The molecule has 0 amide bonds.